The van der Waals surface area contributed by atoms with E-state index < -0.39 is 12.0 Å². The minimum Gasteiger partial charge on any atom is -0.478 e. The molecule has 2 amide bonds. The van der Waals surface area contributed by atoms with E-state index in [4.69, 9.17) is 16.2 Å². The molecule has 1 heterocycles. The molecule has 126 valence electrons. The van der Waals surface area contributed by atoms with Crippen molar-refractivity contribution in [3.63, 3.8) is 0 Å². The van der Waals surface area contributed by atoms with Gasteiger partial charge in [-0.25, -0.2) is 0 Å². The second-order valence-electron chi connectivity index (χ2n) is 6.67. The Hall–Kier alpha value is -2.08. The van der Waals surface area contributed by atoms with Gasteiger partial charge in [0.15, 0.2) is 6.10 Å². The highest BCUT2D eigenvalue weighted by molar-refractivity contribution is 6.03. The van der Waals surface area contributed by atoms with Crippen LogP contribution < -0.4 is 21.1 Å². The Morgan fingerprint density at radius 1 is 1.30 bits per heavy atom. The lowest BCUT2D eigenvalue weighted by atomic mass is 9.95. The lowest BCUT2D eigenvalue weighted by Crippen LogP contribution is -2.51. The van der Waals surface area contributed by atoms with Crippen molar-refractivity contribution in [1.29, 1.82) is 0 Å². The van der Waals surface area contributed by atoms with Crippen LogP contribution in [0.1, 0.15) is 39.3 Å². The summed E-state index contributed by atoms with van der Waals surface area (Å²) in [6.07, 6.45) is -0.619. The number of carbonyl (C=O) groups excluding carboxylic acids is 2. The molecule has 1 aliphatic heterocycles. The van der Waals surface area contributed by atoms with Gasteiger partial charge in [0.1, 0.15) is 12.3 Å². The van der Waals surface area contributed by atoms with Crippen LogP contribution in [-0.4, -0.2) is 24.5 Å². The number of benzene rings is 1. The highest BCUT2D eigenvalue weighted by Crippen LogP contribution is 2.38. The molecule has 23 heavy (non-hydrogen) atoms. The van der Waals surface area contributed by atoms with E-state index in [1.165, 1.54) is 4.90 Å². The predicted octanol–water partition coefficient (Wildman–Crippen LogP) is 1.58. The Morgan fingerprint density at radius 2 is 1.96 bits per heavy atom. The number of anilines is 1. The third kappa shape index (κ3) is 3.47. The van der Waals surface area contributed by atoms with Crippen LogP contribution in [0.2, 0.25) is 0 Å². The van der Waals surface area contributed by atoms with Gasteiger partial charge in [0, 0.05) is 6.04 Å². The number of primary amides is 1. The molecule has 1 aromatic carbocycles. The van der Waals surface area contributed by atoms with Crippen molar-refractivity contribution >= 4 is 17.5 Å². The number of hydrogen-bond acceptors (Lipinski definition) is 4. The second kappa shape index (κ2) is 6.58. The fourth-order valence-electron chi connectivity index (χ4n) is 2.64. The third-order valence-corrected chi connectivity index (χ3v) is 4.06. The summed E-state index contributed by atoms with van der Waals surface area (Å²) in [5.41, 5.74) is 13.0. The van der Waals surface area contributed by atoms with Gasteiger partial charge in [0.2, 0.25) is 5.91 Å². The van der Waals surface area contributed by atoms with Gasteiger partial charge in [-0.3, -0.25) is 14.5 Å². The number of carbonyl (C=O) groups is 2. The van der Waals surface area contributed by atoms with E-state index in [1.54, 1.807) is 0 Å². The Bertz CT molecular complexity index is 613. The summed E-state index contributed by atoms with van der Waals surface area (Å²) in [6.45, 7) is 7.69. The standard InChI is InChI=1S/C17H25N3O3/c1-9(2)15(19)11-5-6-13-12(7-11)20(8-14(18)21)17(22)16(23-13)10(3)4/h5-7,9-10,15-16H,8,19H2,1-4H3,(H2,18,21). The van der Waals surface area contributed by atoms with Crippen LogP contribution in [0.5, 0.6) is 5.75 Å². The number of amides is 2. The molecule has 6 heteroatoms. The molecule has 1 aliphatic rings. The van der Waals surface area contributed by atoms with Gasteiger partial charge in [-0.05, 0) is 29.5 Å². The van der Waals surface area contributed by atoms with E-state index in [9.17, 15) is 9.59 Å². The molecular formula is C17H25N3O3. The molecule has 4 N–H and O–H groups in total. The number of hydrogen-bond donors (Lipinski definition) is 2. The van der Waals surface area contributed by atoms with Crippen LogP contribution in [-0.2, 0) is 9.59 Å². The molecular weight excluding hydrogens is 294 g/mol. The van der Waals surface area contributed by atoms with E-state index >= 15 is 0 Å². The summed E-state index contributed by atoms with van der Waals surface area (Å²) in [4.78, 5) is 25.4. The number of nitrogens with two attached hydrogens (primary N) is 2. The molecule has 0 spiro atoms. The van der Waals surface area contributed by atoms with Crippen LogP contribution in [0.4, 0.5) is 5.69 Å². The average molecular weight is 319 g/mol. The van der Waals surface area contributed by atoms with E-state index in [-0.39, 0.29) is 30.3 Å². The van der Waals surface area contributed by atoms with Gasteiger partial charge >= 0.3 is 0 Å². The largest absolute Gasteiger partial charge is 0.478 e. The predicted molar refractivity (Wildman–Crippen MR) is 89.0 cm³/mol. The normalized spacial score (nSPS) is 18.8. The minimum atomic E-state index is -0.619. The first-order chi connectivity index (χ1) is 10.7. The molecule has 0 fully saturated rings. The molecule has 2 rings (SSSR count). The molecule has 2 atom stereocenters. The molecule has 0 radical (unpaired) electrons. The third-order valence-electron chi connectivity index (χ3n) is 4.06. The Balaban J connectivity index is 2.48. The fraction of sp³-hybridized carbons (Fsp3) is 0.529. The highest BCUT2D eigenvalue weighted by Gasteiger charge is 2.37. The van der Waals surface area contributed by atoms with Gasteiger partial charge in [0.05, 0.1) is 5.69 Å². The van der Waals surface area contributed by atoms with Crippen LogP contribution in [0, 0.1) is 11.8 Å². The topological polar surface area (TPSA) is 98.7 Å². The SMILES string of the molecule is CC(C)C1Oc2ccc(C(N)C(C)C)cc2N(CC(N)=O)C1=O. The zero-order valence-electron chi connectivity index (χ0n) is 14.1. The Labute approximate surface area is 136 Å². The maximum atomic E-state index is 12.6. The highest BCUT2D eigenvalue weighted by atomic mass is 16.5. The van der Waals surface area contributed by atoms with Crippen LogP contribution in [0.15, 0.2) is 18.2 Å². The maximum Gasteiger partial charge on any atom is 0.268 e. The molecule has 6 nitrogen and oxygen atoms in total. The number of nitrogens with zero attached hydrogens (tertiary/aromatic N) is 1. The first-order valence-corrected chi connectivity index (χ1v) is 7.88. The fourth-order valence-corrected chi connectivity index (χ4v) is 2.64. The lowest BCUT2D eigenvalue weighted by molar-refractivity contribution is -0.129. The molecule has 0 aromatic heterocycles. The minimum absolute atomic E-state index is 0.0105. The van der Waals surface area contributed by atoms with Gasteiger partial charge in [-0.2, -0.15) is 0 Å². The van der Waals surface area contributed by atoms with E-state index in [0.717, 1.165) is 5.56 Å². The summed E-state index contributed by atoms with van der Waals surface area (Å²) in [5.74, 6) is 0.00276. The quantitative estimate of drug-likeness (QED) is 0.860. The Kier molecular flexibility index (Phi) is 4.94. The summed E-state index contributed by atoms with van der Waals surface area (Å²) < 4.78 is 5.83. The van der Waals surface area contributed by atoms with E-state index in [0.29, 0.717) is 11.4 Å². The van der Waals surface area contributed by atoms with Crippen molar-refractivity contribution in [2.75, 3.05) is 11.4 Å². The lowest BCUT2D eigenvalue weighted by Gasteiger charge is -2.36. The first-order valence-electron chi connectivity index (χ1n) is 7.88. The molecule has 2 unspecified atom stereocenters. The summed E-state index contributed by atoms with van der Waals surface area (Å²) >= 11 is 0. The van der Waals surface area contributed by atoms with Crippen molar-refractivity contribution < 1.29 is 14.3 Å². The maximum absolute atomic E-state index is 12.6. The molecule has 0 saturated heterocycles. The van der Waals surface area contributed by atoms with Gasteiger partial charge < -0.3 is 16.2 Å². The Morgan fingerprint density at radius 3 is 2.48 bits per heavy atom. The number of fused-ring (bicyclic) bond motifs is 1. The number of ether oxygens (including phenoxy) is 1. The molecule has 0 saturated carbocycles. The zero-order valence-corrected chi connectivity index (χ0v) is 14.1. The molecule has 0 bridgehead atoms. The van der Waals surface area contributed by atoms with Crippen molar-refractivity contribution in [3.8, 4) is 5.75 Å². The van der Waals surface area contributed by atoms with Crippen molar-refractivity contribution in [2.24, 2.45) is 23.3 Å². The van der Waals surface area contributed by atoms with Crippen molar-refractivity contribution in [1.82, 2.24) is 0 Å². The van der Waals surface area contributed by atoms with Crippen molar-refractivity contribution in [2.45, 2.75) is 39.8 Å². The van der Waals surface area contributed by atoms with Crippen molar-refractivity contribution in [3.05, 3.63) is 23.8 Å². The van der Waals surface area contributed by atoms with E-state index in [2.05, 4.69) is 0 Å². The zero-order chi connectivity index (χ0) is 17.3. The van der Waals surface area contributed by atoms with Crippen LogP contribution in [0.25, 0.3) is 0 Å². The van der Waals surface area contributed by atoms with Gasteiger partial charge in [-0.1, -0.05) is 33.8 Å². The molecule has 1 aromatic rings. The molecule has 0 aliphatic carbocycles. The van der Waals surface area contributed by atoms with Crippen LogP contribution in [0.3, 0.4) is 0 Å². The summed E-state index contributed by atoms with van der Waals surface area (Å²) in [7, 11) is 0. The smallest absolute Gasteiger partial charge is 0.268 e. The monoisotopic (exact) mass is 319 g/mol. The average Bonchev–Trinajstić information content (AvgIpc) is 2.47. The first kappa shape index (κ1) is 17.3. The summed E-state index contributed by atoms with van der Waals surface area (Å²) in [5, 5.41) is 0. The van der Waals surface area contributed by atoms with Gasteiger partial charge in [-0.15, -0.1) is 0 Å². The number of rotatable bonds is 5. The van der Waals surface area contributed by atoms with Gasteiger partial charge in [0.25, 0.3) is 5.91 Å². The van der Waals surface area contributed by atoms with Crippen LogP contribution >= 0.6 is 0 Å². The summed E-state index contributed by atoms with van der Waals surface area (Å²) in [6, 6.07) is 5.37. The van der Waals surface area contributed by atoms with E-state index in [1.807, 2.05) is 45.9 Å². The second-order valence-corrected chi connectivity index (χ2v) is 6.67.